The van der Waals surface area contributed by atoms with E-state index < -0.39 is 5.24 Å². The first-order valence-corrected chi connectivity index (χ1v) is 9.82. The van der Waals surface area contributed by atoms with E-state index in [1.54, 1.807) is 6.20 Å². The molecule has 150 valence electrons. The van der Waals surface area contributed by atoms with E-state index in [0.29, 0.717) is 29.3 Å². The minimum absolute atomic E-state index is 0.227. The molecule has 0 spiro atoms. The molecule has 2 aromatic heterocycles. The fraction of sp³-hybridized carbons (Fsp3) is 0.450. The molecule has 0 saturated heterocycles. The van der Waals surface area contributed by atoms with Crippen LogP contribution >= 0.6 is 0 Å². The Morgan fingerprint density at radius 2 is 1.67 bits per heavy atom. The van der Waals surface area contributed by atoms with Crippen LogP contribution in [0.25, 0.3) is 11.0 Å². The van der Waals surface area contributed by atoms with Crippen LogP contribution in [0.5, 0.6) is 0 Å². The lowest BCUT2D eigenvalue weighted by molar-refractivity contribution is 0.423. The van der Waals surface area contributed by atoms with Crippen LogP contribution in [0.15, 0.2) is 36.5 Å². The molecule has 30 heavy (non-hydrogen) atoms. The quantitative estimate of drug-likeness (QED) is 0.527. The van der Waals surface area contributed by atoms with Crippen LogP contribution in [-0.4, -0.2) is 62.4 Å². The second kappa shape index (κ2) is 7.98. The number of fused-ring (bicyclic) bond motifs is 1. The number of nitrogens with one attached hydrogen (secondary N) is 3. The molecule has 0 bridgehead atoms. The number of aromatic nitrogens is 4. The highest BCUT2D eigenvalue weighted by Gasteiger charge is 2.26. The van der Waals surface area contributed by atoms with Crippen LogP contribution in [0.3, 0.4) is 0 Å². The molecule has 10 heteroatoms. The second-order valence-corrected chi connectivity index (χ2v) is 8.75. The summed E-state index contributed by atoms with van der Waals surface area (Å²) in [6.45, 7) is 8.79. The van der Waals surface area contributed by atoms with Gasteiger partial charge in [0.15, 0.2) is 5.65 Å². The summed E-state index contributed by atoms with van der Waals surface area (Å²) in [5.41, 5.74) is 1.02. The maximum Gasteiger partial charge on any atom is 0.226 e. The van der Waals surface area contributed by atoms with Crippen molar-refractivity contribution in [3.63, 3.8) is 0 Å². The van der Waals surface area contributed by atoms with E-state index in [1.807, 2.05) is 46.0 Å². The molecular formula is C20H26B3N7. The molecule has 3 aromatic rings. The van der Waals surface area contributed by atoms with Crippen LogP contribution in [0.2, 0.25) is 0 Å². The Hall–Kier alpha value is -2.48. The van der Waals surface area contributed by atoms with E-state index >= 15 is 0 Å². The van der Waals surface area contributed by atoms with E-state index in [-0.39, 0.29) is 11.1 Å². The molecule has 0 saturated carbocycles. The summed E-state index contributed by atoms with van der Waals surface area (Å²) in [4.78, 5) is 9.27. The first kappa shape index (κ1) is 22.2. The number of likely N-dealkylation sites (N-methyl/N-ethyl adjacent to an activating group) is 1. The number of hydrogen-bond acceptors (Lipinski definition) is 6. The number of benzene rings is 1. The summed E-state index contributed by atoms with van der Waals surface area (Å²) in [6.07, 6.45) is 1.61. The minimum Gasteiger partial charge on any atom is -0.365 e. The average molecular weight is 397 g/mol. The highest BCUT2D eigenvalue weighted by molar-refractivity contribution is 6.56. The van der Waals surface area contributed by atoms with Gasteiger partial charge in [0.2, 0.25) is 5.95 Å². The molecule has 0 aliphatic carbocycles. The van der Waals surface area contributed by atoms with E-state index in [0.717, 1.165) is 5.56 Å². The molecule has 1 unspecified atom stereocenters. The number of anilines is 2. The Labute approximate surface area is 182 Å². The van der Waals surface area contributed by atoms with E-state index in [4.69, 9.17) is 23.5 Å². The van der Waals surface area contributed by atoms with Gasteiger partial charge in [-0.2, -0.15) is 15.1 Å². The Morgan fingerprint density at radius 3 is 2.23 bits per heavy atom. The zero-order valence-electron chi connectivity index (χ0n) is 18.2. The second-order valence-electron chi connectivity index (χ2n) is 8.75. The van der Waals surface area contributed by atoms with Gasteiger partial charge in [0, 0.05) is 12.1 Å². The lowest BCUT2D eigenvalue weighted by Crippen LogP contribution is -2.43. The Kier molecular flexibility index (Phi) is 5.91. The normalized spacial score (nSPS) is 14.4. The van der Waals surface area contributed by atoms with Crippen molar-refractivity contribution in [1.29, 1.82) is 0 Å². The number of rotatable bonds is 7. The van der Waals surface area contributed by atoms with Crippen LogP contribution in [0.1, 0.15) is 33.3 Å². The number of hydrogen-bond donors (Lipinski definition) is 3. The molecule has 3 N–H and O–H groups in total. The van der Waals surface area contributed by atoms with E-state index in [1.165, 1.54) is 4.68 Å². The van der Waals surface area contributed by atoms with Crippen molar-refractivity contribution in [3.8, 4) is 0 Å². The van der Waals surface area contributed by atoms with Crippen molar-refractivity contribution in [2.45, 2.75) is 44.0 Å². The lowest BCUT2D eigenvalue weighted by atomic mass is 9.49. The zero-order valence-corrected chi connectivity index (χ0v) is 18.2. The van der Waals surface area contributed by atoms with Crippen molar-refractivity contribution < 1.29 is 0 Å². The van der Waals surface area contributed by atoms with E-state index in [9.17, 15) is 0 Å². The molecule has 6 radical (unpaired) electrons. The van der Waals surface area contributed by atoms with Crippen molar-refractivity contribution in [3.05, 3.63) is 42.1 Å². The highest BCUT2D eigenvalue weighted by atomic mass is 15.3. The summed E-state index contributed by atoms with van der Waals surface area (Å²) < 4.78 is 1.29. The van der Waals surface area contributed by atoms with Gasteiger partial charge in [-0.25, -0.2) is 0 Å². The Morgan fingerprint density at radius 1 is 1.00 bits per heavy atom. The monoisotopic (exact) mass is 397 g/mol. The maximum absolute atomic E-state index is 5.88. The lowest BCUT2D eigenvalue weighted by Gasteiger charge is -2.30. The SMILES string of the molecule is [B]C([B])([B])n1ncc2c(NC(C)(C)C)nc(NCC(C)(NC)c3ccccc3)nc21. The maximum atomic E-state index is 5.88. The van der Waals surface area contributed by atoms with Gasteiger partial charge in [0.25, 0.3) is 0 Å². The van der Waals surface area contributed by atoms with Crippen LogP contribution < -0.4 is 16.0 Å². The van der Waals surface area contributed by atoms with Gasteiger partial charge in [0.05, 0.1) is 40.7 Å². The summed E-state index contributed by atoms with van der Waals surface area (Å²) >= 11 is 0. The summed E-state index contributed by atoms with van der Waals surface area (Å²) in [5.74, 6) is 1.04. The molecule has 2 heterocycles. The molecule has 0 fully saturated rings. The third kappa shape index (κ3) is 4.81. The fourth-order valence-electron chi connectivity index (χ4n) is 3.12. The molecule has 1 atom stereocenters. The predicted molar refractivity (Wildman–Crippen MR) is 125 cm³/mol. The van der Waals surface area contributed by atoms with Gasteiger partial charge in [0.1, 0.15) is 5.82 Å². The third-order valence-corrected chi connectivity index (χ3v) is 4.85. The first-order chi connectivity index (χ1) is 13.9. The Bertz CT molecular complexity index is 1010. The summed E-state index contributed by atoms with van der Waals surface area (Å²) in [5, 5.41) is 13.3. The molecule has 0 aliphatic rings. The molecular weight excluding hydrogens is 371 g/mol. The third-order valence-electron chi connectivity index (χ3n) is 4.85. The average Bonchev–Trinajstić information content (AvgIpc) is 3.10. The number of nitrogens with zero attached hydrogens (tertiary/aromatic N) is 4. The minimum atomic E-state index is -1.68. The summed E-state index contributed by atoms with van der Waals surface area (Å²) in [6, 6.07) is 10.2. The van der Waals surface area contributed by atoms with E-state index in [2.05, 4.69) is 50.1 Å². The fourth-order valence-corrected chi connectivity index (χ4v) is 3.12. The zero-order chi connectivity index (χ0) is 22.2. The van der Waals surface area contributed by atoms with Crippen molar-refractivity contribution in [2.24, 2.45) is 0 Å². The molecule has 3 rings (SSSR count). The van der Waals surface area contributed by atoms with Crippen molar-refractivity contribution in [1.82, 2.24) is 25.1 Å². The van der Waals surface area contributed by atoms with Crippen LogP contribution in [0.4, 0.5) is 11.8 Å². The molecule has 1 aromatic carbocycles. The van der Waals surface area contributed by atoms with Gasteiger partial charge < -0.3 is 16.0 Å². The van der Waals surface area contributed by atoms with Gasteiger partial charge in [-0.05, 0) is 45.5 Å². The van der Waals surface area contributed by atoms with Crippen molar-refractivity contribution >= 4 is 46.3 Å². The molecule has 0 amide bonds. The van der Waals surface area contributed by atoms with Gasteiger partial charge in [-0.3, -0.25) is 4.68 Å². The highest BCUT2D eigenvalue weighted by Crippen LogP contribution is 2.27. The first-order valence-electron chi connectivity index (χ1n) is 9.82. The van der Waals surface area contributed by atoms with Gasteiger partial charge in [-0.1, -0.05) is 30.3 Å². The van der Waals surface area contributed by atoms with Crippen molar-refractivity contribution in [2.75, 3.05) is 24.2 Å². The van der Waals surface area contributed by atoms with Gasteiger partial charge >= 0.3 is 0 Å². The Balaban J connectivity index is 2.00. The standard InChI is InChI=1S/C20H26B3N7/c1-18(2,3)29-15-14-11-26-30(20(21,22)23)16(14)28-17(27-15)25-12-19(4,24-5)13-9-7-6-8-10-13/h6-11,24H,12H2,1-5H3,(H2,25,27,28,29). The molecule has 0 aliphatic heterocycles. The van der Waals surface area contributed by atoms with Gasteiger partial charge in [-0.15, -0.1) is 0 Å². The van der Waals surface area contributed by atoms with Crippen LogP contribution in [0, 0.1) is 0 Å². The topological polar surface area (TPSA) is 79.7 Å². The molecule has 7 nitrogen and oxygen atoms in total. The summed E-state index contributed by atoms with van der Waals surface area (Å²) in [7, 11) is 19.6. The smallest absolute Gasteiger partial charge is 0.226 e. The largest absolute Gasteiger partial charge is 0.365 e. The van der Waals surface area contributed by atoms with Crippen LogP contribution in [-0.2, 0) is 10.8 Å². The predicted octanol–water partition coefficient (Wildman–Crippen LogP) is 1.66.